The summed E-state index contributed by atoms with van der Waals surface area (Å²) in [4.78, 5) is 10.8. The number of benzene rings is 1. The van der Waals surface area contributed by atoms with Gasteiger partial charge in [0.15, 0.2) is 9.84 Å². The van der Waals surface area contributed by atoms with E-state index in [1.54, 1.807) is 0 Å². The van der Waals surface area contributed by atoms with Gasteiger partial charge >= 0.3 is 5.97 Å². The Morgan fingerprint density at radius 3 is 2.18 bits per heavy atom. The van der Waals surface area contributed by atoms with Crippen LogP contribution in [0.15, 0.2) is 29.2 Å². The van der Waals surface area contributed by atoms with Crippen LogP contribution >= 0.6 is 0 Å². The molecule has 1 aliphatic rings. The second kappa shape index (κ2) is 3.78. The first-order valence-corrected chi connectivity index (χ1v) is 6.20. The predicted octanol–water partition coefficient (Wildman–Crippen LogP) is 0.453. The van der Waals surface area contributed by atoms with Gasteiger partial charge in [0.05, 0.1) is 18.1 Å². The van der Waals surface area contributed by atoms with E-state index < -0.39 is 26.4 Å². The highest BCUT2D eigenvalue weighted by Crippen LogP contribution is 2.33. The van der Waals surface area contributed by atoms with E-state index in [1.165, 1.54) is 0 Å². The van der Waals surface area contributed by atoms with Crippen molar-refractivity contribution in [3.05, 3.63) is 30.1 Å². The van der Waals surface area contributed by atoms with E-state index in [4.69, 9.17) is 9.84 Å². The Morgan fingerprint density at radius 2 is 1.82 bits per heavy atom. The molecular formula is C10H9FO5S. The zero-order valence-electron chi connectivity index (χ0n) is 8.59. The topological polar surface area (TPSA) is 80.7 Å². The Bertz CT molecular complexity index is 545. The number of aliphatic carboxylic acids is 1. The lowest BCUT2D eigenvalue weighted by molar-refractivity contribution is -0.152. The molecule has 1 aromatic carbocycles. The van der Waals surface area contributed by atoms with Crippen LogP contribution in [0.1, 0.15) is 0 Å². The van der Waals surface area contributed by atoms with Crippen LogP contribution in [0.5, 0.6) is 0 Å². The highest BCUT2D eigenvalue weighted by Gasteiger charge is 2.58. The molecule has 1 heterocycles. The number of ether oxygens (including phenoxy) is 1. The van der Waals surface area contributed by atoms with Crippen LogP contribution in [-0.4, -0.2) is 37.5 Å². The number of carboxylic acid groups (broad SMARTS) is 1. The summed E-state index contributed by atoms with van der Waals surface area (Å²) in [5.41, 5.74) is 0. The van der Waals surface area contributed by atoms with E-state index in [1.807, 2.05) is 0 Å². The van der Waals surface area contributed by atoms with Crippen LogP contribution in [-0.2, 0) is 19.4 Å². The molecule has 0 unspecified atom stereocenters. The van der Waals surface area contributed by atoms with Crippen molar-refractivity contribution < 1.29 is 27.4 Å². The predicted molar refractivity (Wildman–Crippen MR) is 54.8 cm³/mol. The zero-order chi connectivity index (χ0) is 12.7. The minimum atomic E-state index is -4.07. The van der Waals surface area contributed by atoms with Crippen molar-refractivity contribution in [2.24, 2.45) is 0 Å². The standard InChI is InChI=1S/C10H9FO5S/c11-7-1-3-8(4-2-7)17(14,15)10(9(12)13)5-16-6-10/h1-4H,5-6H2,(H,12,13). The Labute approximate surface area is 96.7 Å². The molecular weight excluding hydrogens is 251 g/mol. The lowest BCUT2D eigenvalue weighted by Crippen LogP contribution is -2.61. The Hall–Kier alpha value is -1.47. The fraction of sp³-hybridized carbons (Fsp3) is 0.300. The van der Waals surface area contributed by atoms with Gasteiger partial charge in [-0.1, -0.05) is 0 Å². The third kappa shape index (κ3) is 1.62. The van der Waals surface area contributed by atoms with Crippen molar-refractivity contribution >= 4 is 15.8 Å². The molecule has 1 N–H and O–H groups in total. The first-order valence-electron chi connectivity index (χ1n) is 4.71. The van der Waals surface area contributed by atoms with Crippen molar-refractivity contribution in [3.63, 3.8) is 0 Å². The second-order valence-corrected chi connectivity index (χ2v) is 6.01. The van der Waals surface area contributed by atoms with Crippen molar-refractivity contribution in [1.29, 1.82) is 0 Å². The molecule has 0 bridgehead atoms. The molecule has 5 nitrogen and oxygen atoms in total. The number of carbonyl (C=O) groups is 1. The maximum absolute atomic E-state index is 12.7. The average molecular weight is 260 g/mol. The summed E-state index contributed by atoms with van der Waals surface area (Å²) >= 11 is 0. The first-order chi connectivity index (χ1) is 7.90. The van der Waals surface area contributed by atoms with Crippen molar-refractivity contribution in [3.8, 4) is 0 Å². The summed E-state index contributed by atoms with van der Waals surface area (Å²) in [6, 6.07) is 4.05. The maximum atomic E-state index is 12.7. The van der Waals surface area contributed by atoms with Crippen LogP contribution in [0.2, 0.25) is 0 Å². The molecule has 0 amide bonds. The molecule has 1 aliphatic heterocycles. The van der Waals surface area contributed by atoms with Gasteiger partial charge < -0.3 is 9.84 Å². The summed E-state index contributed by atoms with van der Waals surface area (Å²) in [6.07, 6.45) is 0. The number of rotatable bonds is 3. The van der Waals surface area contributed by atoms with Crippen LogP contribution in [0, 0.1) is 5.82 Å². The number of hydrogen-bond donors (Lipinski definition) is 1. The zero-order valence-corrected chi connectivity index (χ0v) is 9.41. The Kier molecular flexibility index (Phi) is 2.67. The maximum Gasteiger partial charge on any atom is 0.330 e. The van der Waals surface area contributed by atoms with E-state index >= 15 is 0 Å². The van der Waals surface area contributed by atoms with Crippen molar-refractivity contribution in [2.45, 2.75) is 9.64 Å². The van der Waals surface area contributed by atoms with E-state index in [2.05, 4.69) is 0 Å². The van der Waals surface area contributed by atoms with Gasteiger partial charge in [0.25, 0.3) is 0 Å². The summed E-state index contributed by atoms with van der Waals surface area (Å²) in [6.45, 7) is -0.774. The van der Waals surface area contributed by atoms with Gasteiger partial charge in [0.1, 0.15) is 5.82 Å². The van der Waals surface area contributed by atoms with Crippen molar-refractivity contribution in [1.82, 2.24) is 0 Å². The minimum absolute atomic E-state index is 0.218. The van der Waals surface area contributed by atoms with Crippen molar-refractivity contribution in [2.75, 3.05) is 13.2 Å². The number of carboxylic acids is 1. The molecule has 2 rings (SSSR count). The van der Waals surface area contributed by atoms with Crippen LogP contribution in [0.25, 0.3) is 0 Å². The van der Waals surface area contributed by atoms with Gasteiger partial charge in [-0.05, 0) is 24.3 Å². The van der Waals surface area contributed by atoms with Crippen LogP contribution in [0.3, 0.4) is 0 Å². The molecule has 0 aliphatic carbocycles. The minimum Gasteiger partial charge on any atom is -0.480 e. The molecule has 0 aromatic heterocycles. The van der Waals surface area contributed by atoms with E-state index in [9.17, 15) is 17.6 Å². The molecule has 17 heavy (non-hydrogen) atoms. The second-order valence-electron chi connectivity index (χ2n) is 3.75. The summed E-state index contributed by atoms with van der Waals surface area (Å²) in [7, 11) is -4.07. The summed E-state index contributed by atoms with van der Waals surface area (Å²) in [5.74, 6) is -2.04. The number of sulfone groups is 1. The Balaban J connectivity index is 2.49. The van der Waals surface area contributed by atoms with E-state index in [0.29, 0.717) is 0 Å². The van der Waals surface area contributed by atoms with E-state index in [0.717, 1.165) is 24.3 Å². The van der Waals surface area contributed by atoms with Gasteiger partial charge in [-0.2, -0.15) is 0 Å². The smallest absolute Gasteiger partial charge is 0.330 e. The monoisotopic (exact) mass is 260 g/mol. The third-order valence-corrected chi connectivity index (χ3v) is 5.03. The lowest BCUT2D eigenvalue weighted by Gasteiger charge is -2.36. The molecule has 0 spiro atoms. The average Bonchev–Trinajstić information content (AvgIpc) is 2.14. The normalized spacial score (nSPS) is 18.4. The van der Waals surface area contributed by atoms with Gasteiger partial charge in [0, 0.05) is 0 Å². The molecule has 0 saturated carbocycles. The molecule has 1 fully saturated rings. The molecule has 92 valence electrons. The SMILES string of the molecule is O=C(O)C1(S(=O)(=O)c2ccc(F)cc2)COC1. The quantitative estimate of drug-likeness (QED) is 0.798. The van der Waals surface area contributed by atoms with Gasteiger partial charge in [0.2, 0.25) is 4.75 Å². The highest BCUT2D eigenvalue weighted by molar-refractivity contribution is 7.93. The van der Waals surface area contributed by atoms with Crippen LogP contribution in [0.4, 0.5) is 4.39 Å². The fourth-order valence-electron chi connectivity index (χ4n) is 1.52. The van der Waals surface area contributed by atoms with Gasteiger partial charge in [-0.15, -0.1) is 0 Å². The molecule has 7 heteroatoms. The molecule has 1 saturated heterocycles. The third-order valence-electron chi connectivity index (χ3n) is 2.70. The lowest BCUT2D eigenvalue weighted by atomic mass is 10.1. The van der Waals surface area contributed by atoms with Crippen LogP contribution < -0.4 is 0 Å². The fourth-order valence-corrected chi connectivity index (χ4v) is 3.17. The van der Waals surface area contributed by atoms with Gasteiger partial charge in [-0.25, -0.2) is 12.8 Å². The molecule has 0 radical (unpaired) electrons. The molecule has 0 atom stereocenters. The summed E-state index contributed by atoms with van der Waals surface area (Å²) < 4.78 is 39.7. The van der Waals surface area contributed by atoms with Gasteiger partial charge in [-0.3, -0.25) is 4.79 Å². The Morgan fingerprint density at radius 1 is 1.29 bits per heavy atom. The highest BCUT2D eigenvalue weighted by atomic mass is 32.2. The van der Waals surface area contributed by atoms with E-state index in [-0.39, 0.29) is 18.1 Å². The first kappa shape index (κ1) is 12.0. The largest absolute Gasteiger partial charge is 0.480 e. The molecule has 1 aromatic rings. The number of hydrogen-bond acceptors (Lipinski definition) is 4. The number of halogens is 1. The summed E-state index contributed by atoms with van der Waals surface area (Å²) in [5, 5.41) is 9.00.